The van der Waals surface area contributed by atoms with Gasteiger partial charge in [-0.15, -0.1) is 0 Å². The van der Waals surface area contributed by atoms with Gasteiger partial charge >= 0.3 is 0 Å². The molecule has 0 aromatic heterocycles. The molecule has 2 rings (SSSR count). The molecule has 0 spiro atoms. The number of rotatable bonds is 7. The molecular weight excluding hydrogens is 360 g/mol. The van der Waals surface area contributed by atoms with Gasteiger partial charge in [-0.1, -0.05) is 13.8 Å². The minimum Gasteiger partial charge on any atom is -0.326 e. The van der Waals surface area contributed by atoms with Gasteiger partial charge in [-0.2, -0.15) is 5.10 Å². The number of nitro benzene ring substituents is 1. The zero-order chi connectivity index (χ0) is 20.7. The molecule has 8 nitrogen and oxygen atoms in total. The van der Waals surface area contributed by atoms with E-state index in [4.69, 9.17) is 0 Å². The fourth-order valence-corrected chi connectivity index (χ4v) is 2.38. The lowest BCUT2D eigenvalue weighted by atomic mass is 10.1. The maximum absolute atomic E-state index is 12.2. The van der Waals surface area contributed by atoms with E-state index in [1.807, 2.05) is 13.8 Å². The lowest BCUT2D eigenvalue weighted by Crippen LogP contribution is -2.19. The van der Waals surface area contributed by atoms with E-state index < -0.39 is 10.8 Å². The minimum absolute atomic E-state index is 0.0128. The Kier molecular flexibility index (Phi) is 6.97. The van der Waals surface area contributed by atoms with Crippen LogP contribution in [0.4, 0.5) is 11.4 Å². The number of carbonyl (C=O) groups is 2. The van der Waals surface area contributed by atoms with E-state index in [0.29, 0.717) is 28.9 Å². The van der Waals surface area contributed by atoms with Crippen LogP contribution in [0.3, 0.4) is 0 Å². The first-order valence-electron chi connectivity index (χ1n) is 8.75. The SMILES string of the molecule is C/C(=N/NC(=O)c1ccc(NC(=O)CC(C)C)cc1)c1ccc([N+](=O)[O-])cc1. The summed E-state index contributed by atoms with van der Waals surface area (Å²) in [5.41, 5.74) is 4.62. The average Bonchev–Trinajstić information content (AvgIpc) is 2.65. The molecule has 0 unspecified atom stereocenters. The summed E-state index contributed by atoms with van der Waals surface area (Å²) in [6.07, 6.45) is 0.429. The zero-order valence-electron chi connectivity index (χ0n) is 15.9. The van der Waals surface area contributed by atoms with Gasteiger partial charge in [0.25, 0.3) is 11.6 Å². The zero-order valence-corrected chi connectivity index (χ0v) is 15.9. The van der Waals surface area contributed by atoms with Crippen molar-refractivity contribution in [1.82, 2.24) is 5.43 Å². The molecule has 2 aromatic carbocycles. The van der Waals surface area contributed by atoms with E-state index in [-0.39, 0.29) is 17.5 Å². The molecule has 0 atom stereocenters. The Labute approximate surface area is 162 Å². The first-order chi connectivity index (χ1) is 13.3. The van der Waals surface area contributed by atoms with Crippen LogP contribution in [-0.4, -0.2) is 22.4 Å². The number of hydrazone groups is 1. The molecule has 2 amide bonds. The van der Waals surface area contributed by atoms with Crippen LogP contribution in [0.5, 0.6) is 0 Å². The third-order valence-electron chi connectivity index (χ3n) is 3.85. The minimum atomic E-state index is -0.479. The van der Waals surface area contributed by atoms with Crippen molar-refractivity contribution in [3.05, 3.63) is 69.8 Å². The van der Waals surface area contributed by atoms with Crippen molar-refractivity contribution in [2.75, 3.05) is 5.32 Å². The number of nitro groups is 1. The molecule has 0 bridgehead atoms. The Morgan fingerprint density at radius 1 is 1.04 bits per heavy atom. The van der Waals surface area contributed by atoms with Gasteiger partial charge < -0.3 is 5.32 Å². The van der Waals surface area contributed by atoms with Gasteiger partial charge in [-0.25, -0.2) is 5.43 Å². The van der Waals surface area contributed by atoms with Crippen molar-refractivity contribution < 1.29 is 14.5 Å². The molecule has 28 heavy (non-hydrogen) atoms. The Bertz CT molecular complexity index is 887. The summed E-state index contributed by atoms with van der Waals surface area (Å²) in [5.74, 6) is -0.209. The van der Waals surface area contributed by atoms with E-state index >= 15 is 0 Å². The summed E-state index contributed by atoms with van der Waals surface area (Å²) in [6.45, 7) is 5.62. The molecule has 0 heterocycles. The van der Waals surface area contributed by atoms with Crippen molar-refractivity contribution >= 4 is 28.9 Å². The molecule has 0 aliphatic carbocycles. The van der Waals surface area contributed by atoms with Gasteiger partial charge in [-0.3, -0.25) is 19.7 Å². The van der Waals surface area contributed by atoms with Crippen LogP contribution >= 0.6 is 0 Å². The van der Waals surface area contributed by atoms with Crippen LogP contribution in [0.2, 0.25) is 0 Å². The van der Waals surface area contributed by atoms with Crippen LogP contribution in [0, 0.1) is 16.0 Å². The number of non-ortho nitro benzene ring substituents is 1. The monoisotopic (exact) mass is 382 g/mol. The van der Waals surface area contributed by atoms with Crippen LogP contribution in [0.1, 0.15) is 43.1 Å². The maximum Gasteiger partial charge on any atom is 0.271 e. The first kappa shape index (κ1) is 20.8. The Balaban J connectivity index is 1.97. The number of amides is 2. The fourth-order valence-electron chi connectivity index (χ4n) is 2.38. The topological polar surface area (TPSA) is 114 Å². The Hall–Kier alpha value is -3.55. The van der Waals surface area contributed by atoms with Crippen molar-refractivity contribution in [2.24, 2.45) is 11.0 Å². The number of nitrogens with zero attached hydrogens (tertiary/aromatic N) is 2. The predicted molar refractivity (Wildman–Crippen MR) is 107 cm³/mol. The van der Waals surface area contributed by atoms with Gasteiger partial charge in [-0.05, 0) is 54.8 Å². The van der Waals surface area contributed by atoms with Gasteiger partial charge in [0.1, 0.15) is 0 Å². The van der Waals surface area contributed by atoms with Gasteiger partial charge in [0, 0.05) is 29.8 Å². The molecule has 0 saturated carbocycles. The number of benzene rings is 2. The van der Waals surface area contributed by atoms with Crippen molar-refractivity contribution in [3.63, 3.8) is 0 Å². The Morgan fingerprint density at radius 3 is 2.14 bits per heavy atom. The van der Waals surface area contributed by atoms with E-state index in [1.54, 1.807) is 43.3 Å². The molecule has 0 fully saturated rings. The van der Waals surface area contributed by atoms with Crippen LogP contribution in [0.15, 0.2) is 53.6 Å². The van der Waals surface area contributed by atoms with Crippen molar-refractivity contribution in [3.8, 4) is 0 Å². The smallest absolute Gasteiger partial charge is 0.271 e. The number of nitrogens with one attached hydrogen (secondary N) is 2. The van der Waals surface area contributed by atoms with E-state index in [9.17, 15) is 19.7 Å². The number of hydrogen-bond donors (Lipinski definition) is 2. The lowest BCUT2D eigenvalue weighted by Gasteiger charge is -2.08. The second-order valence-corrected chi connectivity index (χ2v) is 6.67. The summed E-state index contributed by atoms with van der Waals surface area (Å²) in [7, 11) is 0. The average molecular weight is 382 g/mol. The Morgan fingerprint density at radius 2 is 1.61 bits per heavy atom. The molecule has 146 valence electrons. The fraction of sp³-hybridized carbons (Fsp3) is 0.250. The van der Waals surface area contributed by atoms with Crippen molar-refractivity contribution in [2.45, 2.75) is 27.2 Å². The quantitative estimate of drug-likeness (QED) is 0.431. The van der Waals surface area contributed by atoms with Crippen LogP contribution < -0.4 is 10.7 Å². The van der Waals surface area contributed by atoms with Gasteiger partial charge in [0.2, 0.25) is 5.91 Å². The third-order valence-corrected chi connectivity index (χ3v) is 3.85. The van der Waals surface area contributed by atoms with Gasteiger partial charge in [0.05, 0.1) is 10.6 Å². The molecule has 0 radical (unpaired) electrons. The maximum atomic E-state index is 12.2. The molecule has 8 heteroatoms. The number of anilines is 1. The predicted octanol–water partition coefficient (Wildman–Crippen LogP) is 3.73. The number of hydrogen-bond acceptors (Lipinski definition) is 5. The molecule has 0 saturated heterocycles. The second kappa shape index (κ2) is 9.40. The summed E-state index contributed by atoms with van der Waals surface area (Å²) in [4.78, 5) is 34.2. The van der Waals surface area contributed by atoms with E-state index in [1.165, 1.54) is 12.1 Å². The van der Waals surface area contributed by atoms with Crippen LogP contribution in [0.25, 0.3) is 0 Å². The highest BCUT2D eigenvalue weighted by Gasteiger charge is 2.09. The standard InChI is InChI=1S/C20H22N4O4/c1-13(2)12-19(25)21-17-8-4-16(5-9-17)20(26)23-22-14(3)15-6-10-18(11-7-15)24(27)28/h4-11,13H,12H2,1-3H3,(H,21,25)(H,23,26)/b22-14-. The molecular formula is C20H22N4O4. The lowest BCUT2D eigenvalue weighted by molar-refractivity contribution is -0.384. The number of carbonyl (C=O) groups excluding carboxylic acids is 2. The molecule has 0 aliphatic rings. The van der Waals surface area contributed by atoms with Gasteiger partial charge in [0.15, 0.2) is 0 Å². The first-order valence-corrected chi connectivity index (χ1v) is 8.75. The molecule has 2 aromatic rings. The van der Waals surface area contributed by atoms with E-state index in [2.05, 4.69) is 15.8 Å². The second-order valence-electron chi connectivity index (χ2n) is 6.67. The summed E-state index contributed by atoms with van der Waals surface area (Å²) in [5, 5.41) is 17.5. The van der Waals surface area contributed by atoms with Crippen molar-refractivity contribution in [1.29, 1.82) is 0 Å². The third kappa shape index (κ3) is 6.01. The summed E-state index contributed by atoms with van der Waals surface area (Å²) in [6, 6.07) is 12.4. The summed E-state index contributed by atoms with van der Waals surface area (Å²) < 4.78 is 0. The highest BCUT2D eigenvalue weighted by atomic mass is 16.6. The summed E-state index contributed by atoms with van der Waals surface area (Å²) >= 11 is 0. The molecule has 0 aliphatic heterocycles. The van der Waals surface area contributed by atoms with E-state index in [0.717, 1.165) is 0 Å². The largest absolute Gasteiger partial charge is 0.326 e. The highest BCUT2D eigenvalue weighted by Crippen LogP contribution is 2.13. The molecule has 2 N–H and O–H groups in total. The highest BCUT2D eigenvalue weighted by molar-refractivity contribution is 6.01. The normalized spacial score (nSPS) is 11.2. The van der Waals surface area contributed by atoms with Crippen LogP contribution in [-0.2, 0) is 4.79 Å².